The van der Waals surface area contributed by atoms with Gasteiger partial charge in [0.15, 0.2) is 5.16 Å². The maximum Gasteiger partial charge on any atom is 0.263 e. The molecule has 2 aromatic carbocycles. The normalized spacial score (nSPS) is 15.1. The molecule has 0 radical (unpaired) electrons. The number of hydrogen-bond donors (Lipinski definition) is 1. The first-order valence-electron chi connectivity index (χ1n) is 11.5. The van der Waals surface area contributed by atoms with Crippen molar-refractivity contribution >= 4 is 34.3 Å². The standard InChI is InChI=1S/C25H27N5O3S/c1-16(22(31)26-18-10-4-5-11-18)34-25-28-27-24-29(15-17-9-3-8-14-21(17)33-2)23(32)19-12-6-7-13-20(19)30(24)25/h3,6-9,12-14,16,18H,4-5,10-11,15H2,1-2H3,(H,26,31). The number of nitrogens with zero attached hydrogens (tertiary/aromatic N) is 4. The summed E-state index contributed by atoms with van der Waals surface area (Å²) in [4.78, 5) is 26.2. The van der Waals surface area contributed by atoms with Crippen molar-refractivity contribution in [2.45, 2.75) is 55.6 Å². The van der Waals surface area contributed by atoms with Crippen molar-refractivity contribution in [2.24, 2.45) is 0 Å². The number of thioether (sulfide) groups is 1. The third-order valence-corrected chi connectivity index (χ3v) is 7.39. The third-order valence-electron chi connectivity index (χ3n) is 6.35. The molecule has 1 unspecified atom stereocenters. The van der Waals surface area contributed by atoms with Gasteiger partial charge in [-0.1, -0.05) is 54.9 Å². The molecule has 0 bridgehead atoms. The first-order valence-corrected chi connectivity index (χ1v) is 12.4. The highest BCUT2D eigenvalue weighted by Crippen LogP contribution is 2.27. The Balaban J connectivity index is 1.56. The Bertz CT molecular complexity index is 1410. The predicted octanol–water partition coefficient (Wildman–Crippen LogP) is 3.64. The van der Waals surface area contributed by atoms with Crippen molar-refractivity contribution in [1.29, 1.82) is 0 Å². The Morgan fingerprint density at radius 3 is 2.68 bits per heavy atom. The van der Waals surface area contributed by atoms with Gasteiger partial charge in [-0.05, 0) is 38.0 Å². The summed E-state index contributed by atoms with van der Waals surface area (Å²) in [6.45, 7) is 2.17. The average Bonchev–Trinajstić information content (AvgIpc) is 3.52. The lowest BCUT2D eigenvalue weighted by atomic mass is 10.2. The number of benzene rings is 2. The van der Waals surface area contributed by atoms with Crippen molar-refractivity contribution in [3.05, 3.63) is 64.4 Å². The molecule has 9 heteroatoms. The van der Waals surface area contributed by atoms with E-state index >= 15 is 0 Å². The fourth-order valence-corrected chi connectivity index (χ4v) is 5.42. The second-order valence-corrected chi connectivity index (χ2v) is 9.90. The van der Waals surface area contributed by atoms with Crippen molar-refractivity contribution < 1.29 is 9.53 Å². The summed E-state index contributed by atoms with van der Waals surface area (Å²) in [5, 5.41) is 12.7. The van der Waals surface area contributed by atoms with Crippen LogP contribution in [0.4, 0.5) is 0 Å². The van der Waals surface area contributed by atoms with E-state index in [2.05, 4.69) is 15.5 Å². The molecule has 2 heterocycles. The van der Waals surface area contributed by atoms with E-state index in [1.165, 1.54) is 11.8 Å². The van der Waals surface area contributed by atoms with E-state index in [-0.39, 0.29) is 29.3 Å². The SMILES string of the molecule is COc1ccccc1Cn1c(=O)c2ccccc2n2c(SC(C)C(=O)NC3CCCC3)nnc12. The highest BCUT2D eigenvalue weighted by molar-refractivity contribution is 8.00. The zero-order valence-corrected chi connectivity index (χ0v) is 20.0. The Morgan fingerprint density at radius 2 is 1.88 bits per heavy atom. The minimum Gasteiger partial charge on any atom is -0.496 e. The highest BCUT2D eigenvalue weighted by Gasteiger charge is 2.24. The van der Waals surface area contributed by atoms with Crippen LogP contribution in [0.3, 0.4) is 0 Å². The molecule has 0 saturated heterocycles. The Kier molecular flexibility index (Phi) is 6.28. The van der Waals surface area contributed by atoms with Gasteiger partial charge in [-0.15, -0.1) is 10.2 Å². The molecular formula is C25H27N5O3S. The number of carbonyl (C=O) groups is 1. The summed E-state index contributed by atoms with van der Waals surface area (Å²) in [6, 6.07) is 15.3. The molecule has 1 amide bonds. The predicted molar refractivity (Wildman–Crippen MR) is 133 cm³/mol. The Labute approximate surface area is 201 Å². The van der Waals surface area contributed by atoms with Gasteiger partial charge in [0.05, 0.1) is 29.8 Å². The number of nitrogens with one attached hydrogen (secondary N) is 1. The Hall–Kier alpha value is -3.33. The molecule has 5 rings (SSSR count). The van der Waals surface area contributed by atoms with Crippen LogP contribution in [0, 0.1) is 0 Å². The maximum atomic E-state index is 13.4. The molecule has 176 valence electrons. The quantitative estimate of drug-likeness (QED) is 0.409. The van der Waals surface area contributed by atoms with Crippen molar-refractivity contribution in [1.82, 2.24) is 24.5 Å². The van der Waals surface area contributed by atoms with Crippen LogP contribution >= 0.6 is 11.8 Å². The summed E-state index contributed by atoms with van der Waals surface area (Å²) >= 11 is 1.35. The summed E-state index contributed by atoms with van der Waals surface area (Å²) in [5.41, 5.74) is 1.44. The molecule has 0 aliphatic heterocycles. The molecule has 1 aliphatic rings. The van der Waals surface area contributed by atoms with E-state index in [4.69, 9.17) is 4.74 Å². The zero-order valence-electron chi connectivity index (χ0n) is 19.2. The molecule has 8 nitrogen and oxygen atoms in total. The number of fused-ring (bicyclic) bond motifs is 3. The highest BCUT2D eigenvalue weighted by atomic mass is 32.2. The van der Waals surface area contributed by atoms with Gasteiger partial charge in [0.1, 0.15) is 5.75 Å². The van der Waals surface area contributed by atoms with E-state index in [0.29, 0.717) is 22.1 Å². The number of rotatable bonds is 7. The number of carbonyl (C=O) groups excluding carboxylic acids is 1. The molecule has 1 aliphatic carbocycles. The first kappa shape index (κ1) is 22.5. The fourth-order valence-electron chi connectivity index (χ4n) is 4.56. The molecule has 2 aromatic heterocycles. The number of methoxy groups -OCH3 is 1. The molecule has 1 fully saturated rings. The van der Waals surface area contributed by atoms with Gasteiger partial charge in [-0.3, -0.25) is 18.6 Å². The van der Waals surface area contributed by atoms with Crippen LogP contribution in [-0.4, -0.2) is 43.5 Å². The minimum atomic E-state index is -0.346. The molecule has 0 spiro atoms. The summed E-state index contributed by atoms with van der Waals surface area (Å²) < 4.78 is 8.97. The van der Waals surface area contributed by atoms with E-state index in [1.807, 2.05) is 53.8 Å². The topological polar surface area (TPSA) is 90.5 Å². The lowest BCUT2D eigenvalue weighted by molar-refractivity contribution is -0.120. The van der Waals surface area contributed by atoms with E-state index in [0.717, 1.165) is 36.8 Å². The molecule has 1 N–H and O–H groups in total. The van der Waals surface area contributed by atoms with Gasteiger partial charge < -0.3 is 10.1 Å². The molecule has 4 aromatic rings. The van der Waals surface area contributed by atoms with E-state index in [1.54, 1.807) is 17.7 Å². The van der Waals surface area contributed by atoms with E-state index in [9.17, 15) is 9.59 Å². The van der Waals surface area contributed by atoms with Gasteiger partial charge in [-0.2, -0.15) is 0 Å². The lowest BCUT2D eigenvalue weighted by Gasteiger charge is -2.16. The van der Waals surface area contributed by atoms with Crippen molar-refractivity contribution in [3.63, 3.8) is 0 Å². The summed E-state index contributed by atoms with van der Waals surface area (Å²) in [6.07, 6.45) is 4.40. The van der Waals surface area contributed by atoms with Crippen LogP contribution in [0.25, 0.3) is 16.7 Å². The van der Waals surface area contributed by atoms with Crippen molar-refractivity contribution in [2.75, 3.05) is 7.11 Å². The third kappa shape index (κ3) is 4.16. The largest absolute Gasteiger partial charge is 0.496 e. The van der Waals surface area contributed by atoms with Crippen LogP contribution in [-0.2, 0) is 11.3 Å². The molecular weight excluding hydrogens is 450 g/mol. The van der Waals surface area contributed by atoms with Gasteiger partial charge in [0.2, 0.25) is 11.7 Å². The van der Waals surface area contributed by atoms with Crippen LogP contribution < -0.4 is 15.6 Å². The maximum absolute atomic E-state index is 13.4. The Morgan fingerprint density at radius 1 is 1.15 bits per heavy atom. The summed E-state index contributed by atoms with van der Waals surface area (Å²) in [7, 11) is 1.61. The minimum absolute atomic E-state index is 0.000277. The molecule has 1 atom stereocenters. The summed E-state index contributed by atoms with van der Waals surface area (Å²) in [5.74, 6) is 1.13. The fraction of sp³-hybridized carbons (Fsp3) is 0.360. The van der Waals surface area contributed by atoms with Gasteiger partial charge in [0.25, 0.3) is 5.56 Å². The second-order valence-electron chi connectivity index (χ2n) is 8.59. The number of ether oxygens (including phenoxy) is 1. The average molecular weight is 478 g/mol. The van der Waals surface area contributed by atoms with Crippen molar-refractivity contribution in [3.8, 4) is 5.75 Å². The van der Waals surface area contributed by atoms with E-state index < -0.39 is 0 Å². The number of aromatic nitrogens is 4. The zero-order chi connectivity index (χ0) is 23.7. The van der Waals surface area contributed by atoms with Crippen LogP contribution in [0.2, 0.25) is 0 Å². The monoisotopic (exact) mass is 477 g/mol. The first-order chi connectivity index (χ1) is 16.6. The van der Waals surface area contributed by atoms with Crippen LogP contribution in [0.1, 0.15) is 38.2 Å². The number of amides is 1. The second kappa shape index (κ2) is 9.50. The smallest absolute Gasteiger partial charge is 0.263 e. The van der Waals surface area contributed by atoms with Gasteiger partial charge in [-0.25, -0.2) is 0 Å². The number of para-hydroxylation sites is 2. The lowest BCUT2D eigenvalue weighted by Crippen LogP contribution is -2.37. The number of hydrogen-bond acceptors (Lipinski definition) is 6. The molecule has 34 heavy (non-hydrogen) atoms. The van der Waals surface area contributed by atoms with Gasteiger partial charge >= 0.3 is 0 Å². The van der Waals surface area contributed by atoms with Gasteiger partial charge in [0, 0.05) is 11.6 Å². The van der Waals surface area contributed by atoms with Crippen LogP contribution in [0.15, 0.2) is 58.5 Å². The van der Waals surface area contributed by atoms with Crippen LogP contribution in [0.5, 0.6) is 5.75 Å². The molecule has 1 saturated carbocycles.